The van der Waals surface area contributed by atoms with Gasteiger partial charge in [-0.25, -0.2) is 9.88 Å². The van der Waals surface area contributed by atoms with E-state index in [1.54, 1.807) is 18.3 Å². The van der Waals surface area contributed by atoms with E-state index in [-0.39, 0.29) is 5.78 Å². The molecule has 0 fully saturated rings. The number of hydrogen-bond acceptors (Lipinski definition) is 3. The Morgan fingerprint density at radius 3 is 2.50 bits per heavy atom. The average molecular weight is 335 g/mol. The third kappa shape index (κ3) is 3.44. The summed E-state index contributed by atoms with van der Waals surface area (Å²) in [7, 11) is 0. The fraction of sp³-hybridized carbons (Fsp3) is 0.100. The molecule has 0 amide bonds. The maximum atomic E-state index is 11.4. The molecular formula is C20H19N2OS+. The molecule has 1 aromatic heterocycles. The van der Waals surface area contributed by atoms with Gasteiger partial charge in [-0.15, -0.1) is 0 Å². The minimum Gasteiger partial charge on any atom is -0.295 e. The van der Waals surface area contributed by atoms with Crippen molar-refractivity contribution < 1.29 is 9.36 Å². The molecule has 0 saturated carbocycles. The van der Waals surface area contributed by atoms with Crippen LogP contribution in [-0.4, -0.2) is 5.78 Å². The Morgan fingerprint density at radius 2 is 1.88 bits per heavy atom. The first-order valence-electron chi connectivity index (χ1n) is 7.74. The number of thiazole rings is 1. The summed E-state index contributed by atoms with van der Waals surface area (Å²) in [5.74, 6) is 0.0748. The van der Waals surface area contributed by atoms with E-state index in [2.05, 4.69) is 34.0 Å². The Bertz CT molecular complexity index is 851. The smallest absolute Gasteiger partial charge is 0.295 e. The zero-order valence-electron chi connectivity index (χ0n) is 13.5. The molecule has 1 N–H and O–H groups in total. The van der Waals surface area contributed by atoms with Crippen LogP contribution < -0.4 is 9.88 Å². The maximum Gasteiger partial charge on any atom is 0.339 e. The number of carbonyl (C=O) groups is 1. The zero-order valence-corrected chi connectivity index (χ0v) is 14.3. The summed E-state index contributed by atoms with van der Waals surface area (Å²) >= 11 is 1.65. The number of allylic oxidation sites excluding steroid dienone is 1. The van der Waals surface area contributed by atoms with E-state index in [4.69, 9.17) is 0 Å². The molecule has 4 heteroatoms. The van der Waals surface area contributed by atoms with Crippen molar-refractivity contribution in [2.24, 2.45) is 0 Å². The van der Waals surface area contributed by atoms with Crippen molar-refractivity contribution in [2.45, 2.75) is 13.5 Å². The van der Waals surface area contributed by atoms with Crippen molar-refractivity contribution in [3.63, 3.8) is 0 Å². The molecule has 0 radical (unpaired) electrons. The molecule has 3 aromatic rings. The number of aromatic nitrogens is 1. The lowest BCUT2D eigenvalue weighted by atomic mass is 10.1. The number of Topliss-reactive ketones (excluding diaryl/α,β-unsaturated/α-hetero) is 1. The summed E-state index contributed by atoms with van der Waals surface area (Å²) in [6, 6.07) is 17.8. The van der Waals surface area contributed by atoms with Crippen LogP contribution in [0.15, 0.2) is 72.6 Å². The molecule has 3 rings (SSSR count). The quantitative estimate of drug-likeness (QED) is 0.397. The zero-order chi connectivity index (χ0) is 16.9. The number of ketones is 1. The van der Waals surface area contributed by atoms with Crippen molar-refractivity contribution in [1.82, 2.24) is 0 Å². The predicted molar refractivity (Wildman–Crippen MR) is 99.9 cm³/mol. The molecule has 0 spiro atoms. The van der Waals surface area contributed by atoms with Gasteiger partial charge in [-0.3, -0.25) is 4.79 Å². The molecule has 0 atom stereocenters. The van der Waals surface area contributed by atoms with Crippen LogP contribution in [0.3, 0.4) is 0 Å². The number of hydrogen-bond donors (Lipinski definition) is 1. The van der Waals surface area contributed by atoms with Gasteiger partial charge in [0.15, 0.2) is 5.78 Å². The van der Waals surface area contributed by atoms with Gasteiger partial charge in [-0.2, -0.15) is 0 Å². The largest absolute Gasteiger partial charge is 0.339 e. The Kier molecular flexibility index (Phi) is 4.87. The van der Waals surface area contributed by atoms with Gasteiger partial charge in [0.2, 0.25) is 0 Å². The highest BCUT2D eigenvalue weighted by Crippen LogP contribution is 2.25. The number of nitrogens with zero attached hydrogens (tertiary/aromatic N) is 1. The molecule has 0 unspecified atom stereocenters. The minimum absolute atomic E-state index is 0.0748. The second kappa shape index (κ2) is 7.23. The van der Waals surface area contributed by atoms with Crippen LogP contribution in [0.1, 0.15) is 17.3 Å². The summed E-state index contributed by atoms with van der Waals surface area (Å²) in [5.41, 5.74) is 4.01. The van der Waals surface area contributed by atoms with Crippen molar-refractivity contribution in [3.8, 4) is 11.3 Å². The van der Waals surface area contributed by atoms with Crippen molar-refractivity contribution in [3.05, 3.63) is 78.2 Å². The second-order valence-corrected chi connectivity index (χ2v) is 6.31. The van der Waals surface area contributed by atoms with E-state index in [0.717, 1.165) is 28.6 Å². The lowest BCUT2D eigenvalue weighted by molar-refractivity contribution is -0.657. The normalized spacial score (nSPS) is 10.4. The lowest BCUT2D eigenvalue weighted by Crippen LogP contribution is -2.35. The van der Waals surface area contributed by atoms with Crippen LogP contribution >= 0.6 is 11.3 Å². The van der Waals surface area contributed by atoms with Gasteiger partial charge in [0.05, 0.1) is 0 Å². The predicted octanol–water partition coefficient (Wildman–Crippen LogP) is 4.83. The van der Waals surface area contributed by atoms with E-state index in [0.29, 0.717) is 0 Å². The van der Waals surface area contributed by atoms with Crippen LogP contribution in [0.2, 0.25) is 0 Å². The summed E-state index contributed by atoms with van der Waals surface area (Å²) in [6.45, 7) is 6.17. The Balaban J connectivity index is 1.92. The van der Waals surface area contributed by atoms with E-state index >= 15 is 0 Å². The molecule has 120 valence electrons. The molecule has 0 aliphatic rings. The molecule has 0 saturated heterocycles. The number of carbonyl (C=O) groups excluding carboxylic acids is 1. The Labute approximate surface area is 145 Å². The van der Waals surface area contributed by atoms with Gasteiger partial charge in [-0.05, 0) is 31.2 Å². The lowest BCUT2D eigenvalue weighted by Gasteiger charge is -2.04. The highest BCUT2D eigenvalue weighted by Gasteiger charge is 2.18. The van der Waals surface area contributed by atoms with Gasteiger partial charge in [0, 0.05) is 16.5 Å². The maximum absolute atomic E-state index is 11.4. The monoisotopic (exact) mass is 335 g/mol. The van der Waals surface area contributed by atoms with Gasteiger partial charge < -0.3 is 0 Å². The first-order chi connectivity index (χ1) is 11.7. The SMILES string of the molecule is C=CC[n+]1c(-c2ccccc2)csc1Nc1ccc(C(C)=O)cc1. The van der Waals surface area contributed by atoms with Crippen molar-refractivity contribution in [2.75, 3.05) is 5.32 Å². The van der Waals surface area contributed by atoms with E-state index in [1.807, 2.05) is 48.5 Å². The van der Waals surface area contributed by atoms with Crippen LogP contribution in [0, 0.1) is 0 Å². The van der Waals surface area contributed by atoms with Crippen LogP contribution in [0.25, 0.3) is 11.3 Å². The van der Waals surface area contributed by atoms with E-state index in [1.165, 1.54) is 5.56 Å². The highest BCUT2D eigenvalue weighted by molar-refractivity contribution is 7.13. The Morgan fingerprint density at radius 1 is 1.17 bits per heavy atom. The van der Waals surface area contributed by atoms with E-state index < -0.39 is 0 Å². The topological polar surface area (TPSA) is 33.0 Å². The second-order valence-electron chi connectivity index (χ2n) is 5.45. The van der Waals surface area contributed by atoms with Gasteiger partial charge in [0.25, 0.3) is 0 Å². The summed E-state index contributed by atoms with van der Waals surface area (Å²) < 4.78 is 2.20. The minimum atomic E-state index is 0.0748. The van der Waals surface area contributed by atoms with Crippen LogP contribution in [0.4, 0.5) is 10.8 Å². The summed E-state index contributed by atoms with van der Waals surface area (Å²) in [5, 5.41) is 6.61. The highest BCUT2D eigenvalue weighted by atomic mass is 32.1. The molecule has 3 nitrogen and oxygen atoms in total. The standard InChI is InChI=1S/C20H18N2OS/c1-3-13-22-19(17-7-5-4-6-8-17)14-24-20(22)21-18-11-9-16(10-12-18)15(2)23/h3-12,14H,1,13H2,2H3/p+1. The molecule has 2 aromatic carbocycles. The number of benzene rings is 2. The fourth-order valence-electron chi connectivity index (χ4n) is 2.50. The van der Waals surface area contributed by atoms with Crippen LogP contribution in [0.5, 0.6) is 0 Å². The molecule has 0 aliphatic heterocycles. The molecule has 0 aliphatic carbocycles. The third-order valence-corrected chi connectivity index (χ3v) is 4.63. The first-order valence-corrected chi connectivity index (χ1v) is 8.62. The van der Waals surface area contributed by atoms with E-state index in [9.17, 15) is 4.79 Å². The molecular weight excluding hydrogens is 316 g/mol. The van der Waals surface area contributed by atoms with Crippen molar-refractivity contribution in [1.29, 1.82) is 0 Å². The molecule has 0 bridgehead atoms. The molecule has 24 heavy (non-hydrogen) atoms. The number of nitrogens with one attached hydrogen (secondary N) is 1. The first kappa shape index (κ1) is 16.1. The number of rotatable bonds is 6. The third-order valence-electron chi connectivity index (χ3n) is 3.74. The number of anilines is 2. The van der Waals surface area contributed by atoms with Gasteiger partial charge >= 0.3 is 5.13 Å². The molecule has 1 heterocycles. The van der Waals surface area contributed by atoms with Crippen LogP contribution in [-0.2, 0) is 6.54 Å². The van der Waals surface area contributed by atoms with Gasteiger partial charge in [-0.1, -0.05) is 54.3 Å². The van der Waals surface area contributed by atoms with Gasteiger partial charge in [0.1, 0.15) is 17.9 Å². The summed E-state index contributed by atoms with van der Waals surface area (Å²) in [6.07, 6.45) is 1.89. The summed E-state index contributed by atoms with van der Waals surface area (Å²) in [4.78, 5) is 11.4. The van der Waals surface area contributed by atoms with Crippen molar-refractivity contribution >= 4 is 27.9 Å². The fourth-order valence-corrected chi connectivity index (χ4v) is 3.46. The Hall–Kier alpha value is -2.72. The average Bonchev–Trinajstić information content (AvgIpc) is 2.99.